The van der Waals surface area contributed by atoms with E-state index in [0.717, 1.165) is 4.47 Å². The van der Waals surface area contributed by atoms with Crippen molar-refractivity contribution in [3.05, 3.63) is 27.7 Å². The van der Waals surface area contributed by atoms with Crippen LogP contribution in [0.15, 0.2) is 22.7 Å². The molecule has 1 aromatic rings. The second-order valence-electron chi connectivity index (χ2n) is 5.31. The first-order valence-corrected chi connectivity index (χ1v) is 9.28. The molecule has 8 heteroatoms. The van der Waals surface area contributed by atoms with Crippen LogP contribution in [0.25, 0.3) is 0 Å². The van der Waals surface area contributed by atoms with E-state index >= 15 is 0 Å². The van der Waals surface area contributed by atoms with E-state index in [1.165, 1.54) is 0 Å². The molecule has 1 saturated heterocycles. The number of halogens is 2. The summed E-state index contributed by atoms with van der Waals surface area (Å²) in [7, 11) is -3.06. The molecule has 21 heavy (non-hydrogen) atoms. The van der Waals surface area contributed by atoms with E-state index in [1.54, 1.807) is 25.1 Å². The Kier molecular flexibility index (Phi) is 4.85. The predicted octanol–water partition coefficient (Wildman–Crippen LogP) is 2.17. The molecule has 5 nitrogen and oxygen atoms in total. The Labute approximate surface area is 137 Å². The number of amides is 1. The monoisotopic (exact) mass is 395 g/mol. The second-order valence-corrected chi connectivity index (χ2v) is 8.82. The van der Waals surface area contributed by atoms with Crippen LogP contribution in [0.4, 0.5) is 0 Å². The van der Waals surface area contributed by atoms with Gasteiger partial charge in [-0.3, -0.25) is 4.79 Å². The van der Waals surface area contributed by atoms with Gasteiger partial charge in [-0.15, -0.1) is 0 Å². The van der Waals surface area contributed by atoms with Crippen LogP contribution in [0.1, 0.15) is 13.3 Å². The van der Waals surface area contributed by atoms with Crippen LogP contribution in [0.5, 0.6) is 5.75 Å². The molecule has 116 valence electrons. The largest absolute Gasteiger partial charge is 0.482 e. The van der Waals surface area contributed by atoms with E-state index in [-0.39, 0.29) is 24.0 Å². The molecule has 0 saturated carbocycles. The van der Waals surface area contributed by atoms with E-state index in [4.69, 9.17) is 16.3 Å². The first-order chi connectivity index (χ1) is 9.69. The van der Waals surface area contributed by atoms with Crippen molar-refractivity contribution >= 4 is 43.3 Å². The lowest BCUT2D eigenvalue weighted by atomic mass is 10.0. The zero-order valence-corrected chi connectivity index (χ0v) is 14.5. The number of rotatable bonds is 4. The SMILES string of the molecule is CC1(NC(=O)COc2ccc(Br)cc2Cl)CCS(=O)(=O)C1. The van der Waals surface area contributed by atoms with E-state index in [9.17, 15) is 13.2 Å². The van der Waals surface area contributed by atoms with Gasteiger partial charge in [-0.2, -0.15) is 0 Å². The fraction of sp³-hybridized carbons (Fsp3) is 0.462. The molecule has 2 rings (SSSR count). The summed E-state index contributed by atoms with van der Waals surface area (Å²) in [6.45, 7) is 1.51. The summed E-state index contributed by atoms with van der Waals surface area (Å²) in [5.74, 6) is 0.0984. The fourth-order valence-electron chi connectivity index (χ4n) is 2.22. The summed E-state index contributed by atoms with van der Waals surface area (Å²) in [6, 6.07) is 5.07. The van der Waals surface area contributed by atoms with Crippen LogP contribution < -0.4 is 10.1 Å². The molecule has 1 aliphatic rings. The Balaban J connectivity index is 1.91. The van der Waals surface area contributed by atoms with Crippen molar-refractivity contribution in [2.45, 2.75) is 18.9 Å². The highest BCUT2D eigenvalue weighted by molar-refractivity contribution is 9.10. The number of carbonyl (C=O) groups excluding carboxylic acids is 1. The van der Waals surface area contributed by atoms with Crippen LogP contribution in [0.3, 0.4) is 0 Å². The molecular formula is C13H15BrClNO4S. The molecule has 0 spiro atoms. The number of benzene rings is 1. The zero-order valence-electron chi connectivity index (χ0n) is 11.4. The lowest BCUT2D eigenvalue weighted by Crippen LogP contribution is -2.48. The van der Waals surface area contributed by atoms with Gasteiger partial charge in [0.15, 0.2) is 16.4 Å². The summed E-state index contributed by atoms with van der Waals surface area (Å²) < 4.78 is 29.1. The Bertz CT molecular complexity index is 664. The lowest BCUT2D eigenvalue weighted by molar-refractivity contribution is -0.124. The van der Waals surface area contributed by atoms with E-state index < -0.39 is 15.4 Å². The number of hydrogen-bond donors (Lipinski definition) is 1. The topological polar surface area (TPSA) is 72.5 Å². The van der Waals surface area contributed by atoms with Gasteiger partial charge in [0.1, 0.15) is 5.75 Å². The smallest absolute Gasteiger partial charge is 0.258 e. The van der Waals surface area contributed by atoms with E-state index in [2.05, 4.69) is 21.2 Å². The number of sulfone groups is 1. The van der Waals surface area contributed by atoms with Gasteiger partial charge in [-0.25, -0.2) is 8.42 Å². The van der Waals surface area contributed by atoms with Gasteiger partial charge in [0.2, 0.25) is 0 Å². The summed E-state index contributed by atoms with van der Waals surface area (Å²) in [5.41, 5.74) is -0.719. The molecule has 0 bridgehead atoms. The minimum Gasteiger partial charge on any atom is -0.482 e. The Morgan fingerprint density at radius 1 is 1.52 bits per heavy atom. The van der Waals surface area contributed by atoms with Crippen molar-refractivity contribution in [3.63, 3.8) is 0 Å². The first-order valence-electron chi connectivity index (χ1n) is 6.28. The standard InChI is InChI=1S/C13H15BrClNO4S/c1-13(4-5-21(18,19)8-13)16-12(17)7-20-11-3-2-9(14)6-10(11)15/h2-3,6H,4-5,7-8H2,1H3,(H,16,17). The van der Waals surface area contributed by atoms with Gasteiger partial charge < -0.3 is 10.1 Å². The van der Waals surface area contributed by atoms with Crippen molar-refractivity contribution in [1.82, 2.24) is 5.32 Å². The Morgan fingerprint density at radius 2 is 2.24 bits per heavy atom. The van der Waals surface area contributed by atoms with E-state index in [1.807, 2.05) is 0 Å². The van der Waals surface area contributed by atoms with Crippen LogP contribution >= 0.6 is 27.5 Å². The summed E-state index contributed by atoms with van der Waals surface area (Å²) in [5, 5.41) is 3.11. The van der Waals surface area contributed by atoms with Crippen LogP contribution in [-0.2, 0) is 14.6 Å². The fourth-order valence-corrected chi connectivity index (χ4v) is 5.04. The summed E-state index contributed by atoms with van der Waals surface area (Å²) >= 11 is 9.26. The molecule has 1 unspecified atom stereocenters. The average molecular weight is 397 g/mol. The van der Waals surface area contributed by atoms with Gasteiger partial charge in [0.25, 0.3) is 5.91 Å². The minimum atomic E-state index is -3.06. The maximum absolute atomic E-state index is 11.9. The third-order valence-corrected chi connectivity index (χ3v) is 5.89. The molecular weight excluding hydrogens is 382 g/mol. The van der Waals surface area contributed by atoms with Gasteiger partial charge in [-0.05, 0) is 31.5 Å². The molecule has 1 N–H and O–H groups in total. The van der Waals surface area contributed by atoms with Gasteiger partial charge >= 0.3 is 0 Å². The molecule has 1 fully saturated rings. The number of hydrogen-bond acceptors (Lipinski definition) is 4. The summed E-state index contributed by atoms with van der Waals surface area (Å²) in [6.07, 6.45) is 0.417. The van der Waals surface area contributed by atoms with E-state index in [0.29, 0.717) is 17.2 Å². The molecule has 0 aliphatic carbocycles. The van der Waals surface area contributed by atoms with Gasteiger partial charge in [0.05, 0.1) is 22.1 Å². The van der Waals surface area contributed by atoms with Crippen LogP contribution in [0.2, 0.25) is 5.02 Å². The second kappa shape index (κ2) is 6.14. The zero-order chi connectivity index (χ0) is 15.7. The lowest BCUT2D eigenvalue weighted by Gasteiger charge is -2.23. The maximum atomic E-state index is 11.9. The highest BCUT2D eigenvalue weighted by Crippen LogP contribution is 2.28. The maximum Gasteiger partial charge on any atom is 0.258 e. The van der Waals surface area contributed by atoms with Crippen molar-refractivity contribution in [3.8, 4) is 5.75 Å². The van der Waals surface area contributed by atoms with Crippen molar-refractivity contribution < 1.29 is 17.9 Å². The number of nitrogens with one attached hydrogen (secondary N) is 1. The van der Waals surface area contributed by atoms with Gasteiger partial charge in [-0.1, -0.05) is 27.5 Å². The first kappa shape index (κ1) is 16.6. The van der Waals surface area contributed by atoms with Gasteiger partial charge in [0, 0.05) is 4.47 Å². The molecule has 0 aromatic heterocycles. The van der Waals surface area contributed by atoms with Crippen molar-refractivity contribution in [2.24, 2.45) is 0 Å². The van der Waals surface area contributed by atoms with Crippen LogP contribution in [0, 0.1) is 0 Å². The average Bonchev–Trinajstić information content (AvgIpc) is 2.62. The molecule has 1 atom stereocenters. The molecule has 1 aromatic carbocycles. The highest BCUT2D eigenvalue weighted by atomic mass is 79.9. The Hall–Kier alpha value is -0.790. The molecule has 1 aliphatic heterocycles. The summed E-state index contributed by atoms with van der Waals surface area (Å²) in [4.78, 5) is 11.9. The molecule has 1 heterocycles. The van der Waals surface area contributed by atoms with Crippen molar-refractivity contribution in [1.29, 1.82) is 0 Å². The highest BCUT2D eigenvalue weighted by Gasteiger charge is 2.39. The minimum absolute atomic E-state index is 0.0369. The van der Waals surface area contributed by atoms with Crippen LogP contribution in [-0.4, -0.2) is 38.0 Å². The van der Waals surface area contributed by atoms with Crippen molar-refractivity contribution in [2.75, 3.05) is 18.1 Å². The quantitative estimate of drug-likeness (QED) is 0.846. The third-order valence-electron chi connectivity index (χ3n) is 3.20. The number of carbonyl (C=O) groups is 1. The Morgan fingerprint density at radius 3 is 2.81 bits per heavy atom. The predicted molar refractivity (Wildman–Crippen MR) is 84.5 cm³/mol. The third kappa shape index (κ3) is 4.59. The normalized spacial score (nSPS) is 23.8. The number of ether oxygens (including phenoxy) is 1. The molecule has 0 radical (unpaired) electrons. The molecule has 1 amide bonds.